The molecule has 0 aromatic rings. The summed E-state index contributed by atoms with van der Waals surface area (Å²) in [6.45, 7) is 8.87. The van der Waals surface area contributed by atoms with Crippen LogP contribution in [0.3, 0.4) is 0 Å². The zero-order chi connectivity index (χ0) is 10.6. The third-order valence-corrected chi connectivity index (χ3v) is 3.21. The summed E-state index contributed by atoms with van der Waals surface area (Å²) in [5.41, 5.74) is 5.75. The number of hydrogen-bond acceptors (Lipinski definition) is 2. The van der Waals surface area contributed by atoms with Crippen molar-refractivity contribution < 1.29 is 0 Å². The van der Waals surface area contributed by atoms with Crippen molar-refractivity contribution in [1.29, 1.82) is 0 Å². The van der Waals surface area contributed by atoms with Gasteiger partial charge in [-0.25, -0.2) is 0 Å². The summed E-state index contributed by atoms with van der Waals surface area (Å²) < 4.78 is 0. The average molecular weight is 198 g/mol. The van der Waals surface area contributed by atoms with E-state index in [1.807, 2.05) is 0 Å². The van der Waals surface area contributed by atoms with E-state index >= 15 is 0 Å². The predicted molar refractivity (Wildman–Crippen MR) is 62.2 cm³/mol. The van der Waals surface area contributed by atoms with Gasteiger partial charge in [-0.2, -0.15) is 0 Å². The van der Waals surface area contributed by atoms with Gasteiger partial charge >= 0.3 is 0 Å². The molecule has 0 spiro atoms. The Hall–Kier alpha value is -0.0800. The van der Waals surface area contributed by atoms with Crippen LogP contribution in [0.5, 0.6) is 0 Å². The fourth-order valence-corrected chi connectivity index (χ4v) is 2.08. The third kappa shape index (κ3) is 4.43. The molecule has 3 unspecified atom stereocenters. The van der Waals surface area contributed by atoms with Crippen LogP contribution in [0, 0.1) is 17.8 Å². The SMILES string of the molecule is CC(C)CC(CN)CCNC1CC1C. The van der Waals surface area contributed by atoms with Gasteiger partial charge in [-0.1, -0.05) is 20.8 Å². The first-order valence-electron chi connectivity index (χ1n) is 6.07. The van der Waals surface area contributed by atoms with Gasteiger partial charge in [-0.15, -0.1) is 0 Å². The van der Waals surface area contributed by atoms with Gasteiger partial charge < -0.3 is 11.1 Å². The predicted octanol–water partition coefficient (Wildman–Crippen LogP) is 2.00. The Bertz CT molecular complexity index is 156. The van der Waals surface area contributed by atoms with Crippen molar-refractivity contribution in [2.45, 2.75) is 46.1 Å². The molecule has 0 bridgehead atoms. The quantitative estimate of drug-likeness (QED) is 0.656. The molecular weight excluding hydrogens is 172 g/mol. The number of rotatable bonds is 7. The third-order valence-electron chi connectivity index (χ3n) is 3.21. The molecule has 1 saturated carbocycles. The second kappa shape index (κ2) is 5.72. The van der Waals surface area contributed by atoms with Crippen LogP contribution in [-0.2, 0) is 0 Å². The summed E-state index contributed by atoms with van der Waals surface area (Å²) in [6, 6.07) is 0.812. The van der Waals surface area contributed by atoms with E-state index in [2.05, 4.69) is 26.1 Å². The largest absolute Gasteiger partial charge is 0.330 e. The van der Waals surface area contributed by atoms with Crippen molar-refractivity contribution in [3.05, 3.63) is 0 Å². The molecule has 1 fully saturated rings. The minimum atomic E-state index is 0.719. The molecule has 0 heterocycles. The van der Waals surface area contributed by atoms with Crippen molar-refractivity contribution in [3.8, 4) is 0 Å². The number of hydrogen-bond donors (Lipinski definition) is 2. The summed E-state index contributed by atoms with van der Waals surface area (Å²) in [5, 5.41) is 3.59. The summed E-state index contributed by atoms with van der Waals surface area (Å²) in [5.74, 6) is 2.41. The fourth-order valence-electron chi connectivity index (χ4n) is 2.08. The van der Waals surface area contributed by atoms with Crippen molar-refractivity contribution in [3.63, 3.8) is 0 Å². The molecule has 2 nitrogen and oxygen atoms in total. The molecule has 1 aliphatic carbocycles. The van der Waals surface area contributed by atoms with E-state index in [4.69, 9.17) is 5.73 Å². The molecule has 14 heavy (non-hydrogen) atoms. The number of nitrogens with two attached hydrogens (primary N) is 1. The minimum absolute atomic E-state index is 0.719. The molecule has 84 valence electrons. The lowest BCUT2D eigenvalue weighted by atomic mass is 9.94. The van der Waals surface area contributed by atoms with E-state index in [-0.39, 0.29) is 0 Å². The highest BCUT2D eigenvalue weighted by molar-refractivity contribution is 4.89. The minimum Gasteiger partial charge on any atom is -0.330 e. The maximum atomic E-state index is 5.75. The molecule has 0 aliphatic heterocycles. The van der Waals surface area contributed by atoms with Crippen molar-refractivity contribution in [1.82, 2.24) is 5.32 Å². The zero-order valence-electron chi connectivity index (χ0n) is 9.92. The van der Waals surface area contributed by atoms with Gasteiger partial charge in [0.25, 0.3) is 0 Å². The molecule has 0 aromatic carbocycles. The zero-order valence-corrected chi connectivity index (χ0v) is 9.92. The van der Waals surface area contributed by atoms with Gasteiger partial charge in [-0.05, 0) is 50.1 Å². The van der Waals surface area contributed by atoms with Gasteiger partial charge in [0.1, 0.15) is 0 Å². The molecule has 2 heteroatoms. The Kier molecular flexibility index (Phi) is 4.90. The smallest absolute Gasteiger partial charge is 0.00963 e. The van der Waals surface area contributed by atoms with Crippen molar-refractivity contribution in [2.75, 3.05) is 13.1 Å². The van der Waals surface area contributed by atoms with Crippen LogP contribution in [0.15, 0.2) is 0 Å². The Morgan fingerprint density at radius 3 is 2.50 bits per heavy atom. The maximum absolute atomic E-state index is 5.75. The first-order valence-corrected chi connectivity index (χ1v) is 6.07. The first-order chi connectivity index (χ1) is 6.63. The molecule has 3 N–H and O–H groups in total. The topological polar surface area (TPSA) is 38.0 Å². The molecule has 3 atom stereocenters. The highest BCUT2D eigenvalue weighted by Gasteiger charge is 2.31. The van der Waals surface area contributed by atoms with Gasteiger partial charge in [0.05, 0.1) is 0 Å². The van der Waals surface area contributed by atoms with E-state index in [0.717, 1.165) is 36.9 Å². The lowest BCUT2D eigenvalue weighted by Crippen LogP contribution is -2.25. The highest BCUT2D eigenvalue weighted by atomic mass is 15.0. The summed E-state index contributed by atoms with van der Waals surface area (Å²) in [6.07, 6.45) is 3.90. The van der Waals surface area contributed by atoms with E-state index in [1.165, 1.54) is 19.3 Å². The summed E-state index contributed by atoms with van der Waals surface area (Å²) in [7, 11) is 0. The second-order valence-electron chi connectivity index (χ2n) is 5.29. The molecule has 0 amide bonds. The lowest BCUT2D eigenvalue weighted by Gasteiger charge is -2.17. The van der Waals surface area contributed by atoms with E-state index in [0.29, 0.717) is 0 Å². The van der Waals surface area contributed by atoms with Crippen molar-refractivity contribution >= 4 is 0 Å². The lowest BCUT2D eigenvalue weighted by molar-refractivity contribution is 0.384. The van der Waals surface area contributed by atoms with Gasteiger partial charge in [0, 0.05) is 6.04 Å². The Morgan fingerprint density at radius 1 is 1.43 bits per heavy atom. The monoisotopic (exact) mass is 198 g/mol. The molecule has 0 aromatic heterocycles. The normalized spacial score (nSPS) is 28.1. The van der Waals surface area contributed by atoms with Gasteiger partial charge in [-0.3, -0.25) is 0 Å². The average Bonchev–Trinajstić information content (AvgIpc) is 2.79. The Labute approximate surface area is 88.6 Å². The highest BCUT2D eigenvalue weighted by Crippen LogP contribution is 2.29. The fraction of sp³-hybridized carbons (Fsp3) is 1.00. The van der Waals surface area contributed by atoms with E-state index in [9.17, 15) is 0 Å². The van der Waals surface area contributed by atoms with Crippen LogP contribution < -0.4 is 11.1 Å². The Morgan fingerprint density at radius 2 is 2.07 bits per heavy atom. The molecule has 0 radical (unpaired) electrons. The Balaban J connectivity index is 2.02. The van der Waals surface area contributed by atoms with Crippen LogP contribution in [0.25, 0.3) is 0 Å². The van der Waals surface area contributed by atoms with Gasteiger partial charge in [0.15, 0.2) is 0 Å². The summed E-state index contributed by atoms with van der Waals surface area (Å²) in [4.78, 5) is 0. The van der Waals surface area contributed by atoms with Crippen LogP contribution in [0.1, 0.15) is 40.0 Å². The maximum Gasteiger partial charge on any atom is 0.00963 e. The number of nitrogens with one attached hydrogen (secondary N) is 1. The van der Waals surface area contributed by atoms with Crippen LogP contribution >= 0.6 is 0 Å². The first kappa shape index (κ1) is 12.0. The molecule has 1 rings (SSSR count). The molecular formula is C12H26N2. The second-order valence-corrected chi connectivity index (χ2v) is 5.29. The van der Waals surface area contributed by atoms with E-state index in [1.54, 1.807) is 0 Å². The molecule has 1 aliphatic rings. The van der Waals surface area contributed by atoms with Crippen LogP contribution in [0.2, 0.25) is 0 Å². The standard InChI is InChI=1S/C12H26N2/c1-9(2)6-11(8-13)4-5-14-12-7-10(12)3/h9-12,14H,4-8,13H2,1-3H3. The summed E-state index contributed by atoms with van der Waals surface area (Å²) >= 11 is 0. The molecule has 0 saturated heterocycles. The van der Waals surface area contributed by atoms with Crippen LogP contribution in [-0.4, -0.2) is 19.1 Å². The van der Waals surface area contributed by atoms with Crippen molar-refractivity contribution in [2.24, 2.45) is 23.5 Å². The van der Waals surface area contributed by atoms with E-state index < -0.39 is 0 Å². The van der Waals surface area contributed by atoms with Gasteiger partial charge in [0.2, 0.25) is 0 Å². The van der Waals surface area contributed by atoms with Crippen LogP contribution in [0.4, 0.5) is 0 Å².